The molecule has 2 unspecified atom stereocenters. The van der Waals surface area contributed by atoms with E-state index >= 15 is 0 Å². The van der Waals surface area contributed by atoms with Crippen LogP contribution < -0.4 is 5.32 Å². The van der Waals surface area contributed by atoms with Crippen LogP contribution in [0.4, 0.5) is 0 Å². The molecule has 3 fully saturated rings. The summed E-state index contributed by atoms with van der Waals surface area (Å²) in [6.07, 6.45) is 9.00. The predicted octanol–water partition coefficient (Wildman–Crippen LogP) is 2.64. The maximum absolute atomic E-state index is 3.55. The molecule has 2 nitrogen and oxygen atoms in total. The smallest absolute Gasteiger partial charge is 0.0281 e. The van der Waals surface area contributed by atoms with Gasteiger partial charge in [-0.25, -0.2) is 0 Å². The van der Waals surface area contributed by atoms with Crippen molar-refractivity contribution in [2.24, 2.45) is 11.8 Å². The van der Waals surface area contributed by atoms with Crippen molar-refractivity contribution in [3.63, 3.8) is 0 Å². The average molecular weight is 236 g/mol. The summed E-state index contributed by atoms with van der Waals surface area (Å²) in [6.45, 7) is 8.44. The maximum Gasteiger partial charge on any atom is 0.0281 e. The van der Waals surface area contributed by atoms with Crippen LogP contribution in [0.2, 0.25) is 0 Å². The van der Waals surface area contributed by atoms with Crippen molar-refractivity contribution in [1.29, 1.82) is 0 Å². The minimum absolute atomic E-state index is 0.369. The topological polar surface area (TPSA) is 15.3 Å². The molecule has 0 aromatic carbocycles. The van der Waals surface area contributed by atoms with Crippen molar-refractivity contribution in [2.45, 2.75) is 64.0 Å². The zero-order valence-corrected chi connectivity index (χ0v) is 11.5. The summed E-state index contributed by atoms with van der Waals surface area (Å²) in [5.74, 6) is 2.18. The minimum Gasteiger partial charge on any atom is -0.314 e. The number of nitrogens with one attached hydrogen (secondary N) is 1. The Balaban J connectivity index is 1.65. The fourth-order valence-corrected chi connectivity index (χ4v) is 4.15. The van der Waals surface area contributed by atoms with E-state index in [1.54, 1.807) is 0 Å². The SMILES string of the molecule is CC1(C)CNCCN1C1CCCC(C2CC2)C1. The average Bonchev–Trinajstić information content (AvgIpc) is 3.12. The Morgan fingerprint density at radius 3 is 2.59 bits per heavy atom. The van der Waals surface area contributed by atoms with E-state index in [1.807, 2.05) is 0 Å². The van der Waals surface area contributed by atoms with E-state index in [4.69, 9.17) is 0 Å². The van der Waals surface area contributed by atoms with Crippen molar-refractivity contribution < 1.29 is 0 Å². The lowest BCUT2D eigenvalue weighted by atomic mass is 9.80. The van der Waals surface area contributed by atoms with Crippen LogP contribution in [0.5, 0.6) is 0 Å². The van der Waals surface area contributed by atoms with Crippen LogP contribution in [0.25, 0.3) is 0 Å². The predicted molar refractivity (Wildman–Crippen MR) is 72.1 cm³/mol. The van der Waals surface area contributed by atoms with Gasteiger partial charge in [-0.15, -0.1) is 0 Å². The molecule has 2 aliphatic carbocycles. The maximum atomic E-state index is 3.55. The molecule has 0 spiro atoms. The van der Waals surface area contributed by atoms with Gasteiger partial charge >= 0.3 is 0 Å². The normalized spacial score (nSPS) is 39.2. The van der Waals surface area contributed by atoms with Gasteiger partial charge in [0.25, 0.3) is 0 Å². The molecular weight excluding hydrogens is 208 g/mol. The molecule has 0 amide bonds. The van der Waals surface area contributed by atoms with E-state index in [0.717, 1.165) is 24.4 Å². The number of hydrogen-bond donors (Lipinski definition) is 1. The van der Waals surface area contributed by atoms with Crippen molar-refractivity contribution in [2.75, 3.05) is 19.6 Å². The molecule has 3 rings (SSSR count). The summed E-state index contributed by atoms with van der Waals surface area (Å²) in [7, 11) is 0. The van der Waals surface area contributed by atoms with Gasteiger partial charge in [-0.3, -0.25) is 4.90 Å². The lowest BCUT2D eigenvalue weighted by Crippen LogP contribution is -2.61. The van der Waals surface area contributed by atoms with Crippen molar-refractivity contribution in [3.05, 3.63) is 0 Å². The summed E-state index contributed by atoms with van der Waals surface area (Å²) in [4.78, 5) is 2.82. The first-order chi connectivity index (χ1) is 8.17. The summed E-state index contributed by atoms with van der Waals surface area (Å²) < 4.78 is 0. The summed E-state index contributed by atoms with van der Waals surface area (Å²) in [5, 5.41) is 3.55. The van der Waals surface area contributed by atoms with Gasteiger partial charge in [0.05, 0.1) is 0 Å². The minimum atomic E-state index is 0.369. The fraction of sp³-hybridized carbons (Fsp3) is 1.00. The second-order valence-electron chi connectivity index (χ2n) is 7.10. The Labute approximate surface area is 106 Å². The molecule has 17 heavy (non-hydrogen) atoms. The number of hydrogen-bond acceptors (Lipinski definition) is 2. The molecule has 2 heteroatoms. The van der Waals surface area contributed by atoms with Crippen molar-refractivity contribution >= 4 is 0 Å². The van der Waals surface area contributed by atoms with Gasteiger partial charge in [-0.1, -0.05) is 12.8 Å². The Morgan fingerprint density at radius 2 is 1.88 bits per heavy atom. The Hall–Kier alpha value is -0.0800. The molecule has 98 valence electrons. The molecule has 2 atom stereocenters. The highest BCUT2D eigenvalue weighted by molar-refractivity contribution is 4.96. The lowest BCUT2D eigenvalue weighted by Gasteiger charge is -2.49. The van der Waals surface area contributed by atoms with Gasteiger partial charge in [0, 0.05) is 31.2 Å². The highest BCUT2D eigenvalue weighted by Crippen LogP contribution is 2.45. The van der Waals surface area contributed by atoms with Crippen LogP contribution >= 0.6 is 0 Å². The monoisotopic (exact) mass is 236 g/mol. The van der Waals surface area contributed by atoms with Crippen LogP contribution in [-0.4, -0.2) is 36.1 Å². The second-order valence-corrected chi connectivity index (χ2v) is 7.10. The van der Waals surface area contributed by atoms with Gasteiger partial charge in [0.1, 0.15) is 0 Å². The molecule has 0 bridgehead atoms. The van der Waals surface area contributed by atoms with E-state index in [0.29, 0.717) is 5.54 Å². The summed E-state index contributed by atoms with van der Waals surface area (Å²) in [5.41, 5.74) is 0.369. The molecule has 1 heterocycles. The molecule has 1 saturated heterocycles. The second kappa shape index (κ2) is 4.55. The van der Waals surface area contributed by atoms with Gasteiger partial charge in [0.2, 0.25) is 0 Å². The molecule has 2 saturated carbocycles. The standard InChI is InChI=1S/C15H28N2/c1-15(2)11-16-8-9-17(15)14-5-3-4-13(10-14)12-6-7-12/h12-14,16H,3-11H2,1-2H3. The third-order valence-corrected chi connectivity index (χ3v) is 5.28. The highest BCUT2D eigenvalue weighted by atomic mass is 15.3. The molecule has 1 aliphatic heterocycles. The molecule has 0 aromatic heterocycles. The van der Waals surface area contributed by atoms with Crippen LogP contribution in [0.1, 0.15) is 52.4 Å². The summed E-state index contributed by atoms with van der Waals surface area (Å²) >= 11 is 0. The van der Waals surface area contributed by atoms with Gasteiger partial charge in [-0.05, 0) is 51.4 Å². The van der Waals surface area contributed by atoms with E-state index in [1.165, 1.54) is 51.6 Å². The zero-order valence-electron chi connectivity index (χ0n) is 11.5. The van der Waals surface area contributed by atoms with Crippen molar-refractivity contribution in [3.8, 4) is 0 Å². The molecule has 1 N–H and O–H groups in total. The Kier molecular flexibility index (Phi) is 3.20. The number of nitrogens with zero attached hydrogens (tertiary/aromatic N) is 1. The molecule has 0 radical (unpaired) electrons. The highest BCUT2D eigenvalue weighted by Gasteiger charge is 2.40. The first kappa shape index (κ1) is 12.0. The molecule has 0 aromatic rings. The molecular formula is C15H28N2. The van der Waals surface area contributed by atoms with Gasteiger partial charge in [0.15, 0.2) is 0 Å². The van der Waals surface area contributed by atoms with Crippen molar-refractivity contribution in [1.82, 2.24) is 10.2 Å². The third kappa shape index (κ3) is 2.53. The van der Waals surface area contributed by atoms with Gasteiger partial charge < -0.3 is 5.32 Å². The zero-order chi connectivity index (χ0) is 11.9. The van der Waals surface area contributed by atoms with Crippen LogP contribution in [0, 0.1) is 11.8 Å². The number of rotatable bonds is 2. The van der Waals surface area contributed by atoms with E-state index in [9.17, 15) is 0 Å². The van der Waals surface area contributed by atoms with Crippen LogP contribution in [0.3, 0.4) is 0 Å². The fourth-order valence-electron chi connectivity index (χ4n) is 4.15. The summed E-state index contributed by atoms with van der Waals surface area (Å²) in [6, 6.07) is 0.881. The van der Waals surface area contributed by atoms with Gasteiger partial charge in [-0.2, -0.15) is 0 Å². The van der Waals surface area contributed by atoms with Crippen LogP contribution in [-0.2, 0) is 0 Å². The molecule has 3 aliphatic rings. The third-order valence-electron chi connectivity index (χ3n) is 5.28. The van der Waals surface area contributed by atoms with Crippen LogP contribution in [0.15, 0.2) is 0 Å². The Morgan fingerprint density at radius 1 is 1.06 bits per heavy atom. The first-order valence-corrected chi connectivity index (χ1v) is 7.64. The van der Waals surface area contributed by atoms with E-state index in [2.05, 4.69) is 24.1 Å². The Bertz CT molecular complexity index is 270. The van der Waals surface area contributed by atoms with E-state index < -0.39 is 0 Å². The largest absolute Gasteiger partial charge is 0.314 e. The number of piperazine rings is 1. The quantitative estimate of drug-likeness (QED) is 0.793. The lowest BCUT2D eigenvalue weighted by molar-refractivity contribution is 0.0157. The first-order valence-electron chi connectivity index (χ1n) is 7.64. The van der Waals surface area contributed by atoms with E-state index in [-0.39, 0.29) is 0 Å².